The monoisotopic (exact) mass is 410 g/mol. The number of halogens is 2. The summed E-state index contributed by atoms with van der Waals surface area (Å²) in [6, 6.07) is 7.94. The normalized spacial score (nSPS) is 12.9. The maximum atomic E-state index is 12.5. The van der Waals surface area contributed by atoms with Gasteiger partial charge in [-0.3, -0.25) is 14.5 Å². The van der Waals surface area contributed by atoms with Gasteiger partial charge in [0, 0.05) is 17.2 Å². The summed E-state index contributed by atoms with van der Waals surface area (Å²) in [5, 5.41) is 3.49. The summed E-state index contributed by atoms with van der Waals surface area (Å²) in [6.45, 7) is -0.373. The van der Waals surface area contributed by atoms with Crippen molar-refractivity contribution in [3.8, 4) is 17.2 Å². The van der Waals surface area contributed by atoms with E-state index in [2.05, 4.69) is 5.32 Å². The molecule has 0 atom stereocenters. The fourth-order valence-corrected chi connectivity index (χ4v) is 3.05. The van der Waals surface area contributed by atoms with Crippen molar-refractivity contribution >= 4 is 46.4 Å². The molecule has 0 bridgehead atoms. The van der Waals surface area contributed by atoms with Crippen LogP contribution in [-0.2, 0) is 9.59 Å². The predicted molar refractivity (Wildman–Crippen MR) is 102 cm³/mol. The Morgan fingerprint density at radius 3 is 2.63 bits per heavy atom. The van der Waals surface area contributed by atoms with Crippen LogP contribution in [0.5, 0.6) is 17.2 Å². The number of fused-ring (bicyclic) bond motifs is 1. The lowest BCUT2D eigenvalue weighted by Crippen LogP contribution is -2.43. The van der Waals surface area contributed by atoms with Gasteiger partial charge in [0.05, 0.1) is 30.6 Å². The zero-order valence-electron chi connectivity index (χ0n) is 14.5. The molecule has 0 saturated heterocycles. The predicted octanol–water partition coefficient (Wildman–Crippen LogP) is 3.37. The number of carbonyl (C=O) groups is 2. The van der Waals surface area contributed by atoms with Crippen molar-refractivity contribution in [2.24, 2.45) is 0 Å². The van der Waals surface area contributed by atoms with Crippen LogP contribution in [0, 0.1) is 0 Å². The van der Waals surface area contributed by atoms with Crippen molar-refractivity contribution < 1.29 is 23.8 Å². The van der Waals surface area contributed by atoms with Crippen LogP contribution in [0.1, 0.15) is 0 Å². The number of nitrogens with zero attached hydrogens (tertiary/aromatic N) is 1. The first-order valence-corrected chi connectivity index (χ1v) is 8.62. The SMILES string of the molecule is COc1cc(OC)c(NC(=O)CN2C(=O)COc3cc(Cl)ccc32)cc1Cl. The lowest BCUT2D eigenvalue weighted by molar-refractivity contribution is -0.123. The second-order valence-electron chi connectivity index (χ2n) is 5.62. The Morgan fingerprint density at radius 2 is 1.93 bits per heavy atom. The second kappa shape index (κ2) is 7.94. The van der Waals surface area contributed by atoms with Gasteiger partial charge in [0.25, 0.3) is 5.91 Å². The average molecular weight is 411 g/mol. The van der Waals surface area contributed by atoms with E-state index in [0.717, 1.165) is 0 Å². The van der Waals surface area contributed by atoms with Crippen LogP contribution in [0.25, 0.3) is 0 Å². The topological polar surface area (TPSA) is 77.1 Å². The highest BCUT2D eigenvalue weighted by Gasteiger charge is 2.28. The summed E-state index contributed by atoms with van der Waals surface area (Å²) in [5.41, 5.74) is 0.843. The minimum atomic E-state index is -0.425. The van der Waals surface area contributed by atoms with E-state index in [0.29, 0.717) is 38.7 Å². The maximum absolute atomic E-state index is 12.5. The van der Waals surface area contributed by atoms with E-state index >= 15 is 0 Å². The standard InChI is InChI=1S/C18H16Cl2N2O5/c1-25-14-7-15(26-2)12(6-11(14)20)21-17(23)8-22-13-4-3-10(19)5-16(13)27-9-18(22)24/h3-7H,8-9H2,1-2H3,(H,21,23). The van der Waals surface area contributed by atoms with Gasteiger partial charge in [0.15, 0.2) is 6.61 Å². The van der Waals surface area contributed by atoms with Crippen molar-refractivity contribution in [2.45, 2.75) is 0 Å². The third kappa shape index (κ3) is 4.04. The fraction of sp³-hybridized carbons (Fsp3) is 0.222. The molecule has 3 rings (SSSR count). The molecule has 7 nitrogen and oxygen atoms in total. The summed E-state index contributed by atoms with van der Waals surface area (Å²) in [6.07, 6.45) is 0. The Balaban J connectivity index is 1.81. The molecule has 0 radical (unpaired) electrons. The summed E-state index contributed by atoms with van der Waals surface area (Å²) in [4.78, 5) is 26.1. The Kier molecular flexibility index (Phi) is 5.62. The van der Waals surface area contributed by atoms with Crippen molar-refractivity contribution in [1.29, 1.82) is 0 Å². The Labute approximate surface area is 165 Å². The number of hydrogen-bond donors (Lipinski definition) is 1. The lowest BCUT2D eigenvalue weighted by atomic mass is 10.2. The smallest absolute Gasteiger partial charge is 0.265 e. The first-order chi connectivity index (χ1) is 12.9. The second-order valence-corrected chi connectivity index (χ2v) is 6.46. The van der Waals surface area contributed by atoms with E-state index < -0.39 is 5.91 Å². The maximum Gasteiger partial charge on any atom is 0.265 e. The van der Waals surface area contributed by atoms with Gasteiger partial charge in [0.1, 0.15) is 23.8 Å². The summed E-state index contributed by atoms with van der Waals surface area (Å²) >= 11 is 12.1. The number of methoxy groups -OCH3 is 2. The van der Waals surface area contributed by atoms with E-state index in [9.17, 15) is 9.59 Å². The van der Waals surface area contributed by atoms with Crippen LogP contribution in [0.3, 0.4) is 0 Å². The summed E-state index contributed by atoms with van der Waals surface area (Å²) in [5.74, 6) is 0.483. The third-order valence-electron chi connectivity index (χ3n) is 3.91. The van der Waals surface area contributed by atoms with Crippen LogP contribution in [-0.4, -0.2) is 39.2 Å². The molecule has 0 fully saturated rings. The third-order valence-corrected chi connectivity index (χ3v) is 4.45. The zero-order chi connectivity index (χ0) is 19.6. The lowest BCUT2D eigenvalue weighted by Gasteiger charge is -2.29. The van der Waals surface area contributed by atoms with Gasteiger partial charge in [-0.05, 0) is 18.2 Å². The van der Waals surface area contributed by atoms with Crippen LogP contribution < -0.4 is 24.4 Å². The van der Waals surface area contributed by atoms with Gasteiger partial charge in [-0.25, -0.2) is 0 Å². The minimum Gasteiger partial charge on any atom is -0.495 e. The number of rotatable bonds is 5. The number of anilines is 2. The molecular weight excluding hydrogens is 395 g/mol. The van der Waals surface area contributed by atoms with Gasteiger partial charge in [-0.2, -0.15) is 0 Å². The van der Waals surface area contributed by atoms with Crippen LogP contribution in [0.4, 0.5) is 11.4 Å². The van der Waals surface area contributed by atoms with Crippen molar-refractivity contribution in [3.63, 3.8) is 0 Å². The van der Waals surface area contributed by atoms with Crippen molar-refractivity contribution in [2.75, 3.05) is 37.6 Å². The summed E-state index contributed by atoms with van der Waals surface area (Å²) < 4.78 is 15.8. The van der Waals surface area contributed by atoms with Crippen LogP contribution in [0.15, 0.2) is 30.3 Å². The zero-order valence-corrected chi connectivity index (χ0v) is 16.1. The fourth-order valence-electron chi connectivity index (χ4n) is 2.64. The molecule has 2 aromatic rings. The van der Waals surface area contributed by atoms with E-state index in [-0.39, 0.29) is 19.1 Å². The van der Waals surface area contributed by atoms with E-state index in [4.69, 9.17) is 37.4 Å². The molecular formula is C18H16Cl2N2O5. The quantitative estimate of drug-likeness (QED) is 0.817. The first kappa shape index (κ1) is 19.1. The molecule has 0 spiro atoms. The number of amides is 2. The van der Waals surface area contributed by atoms with Gasteiger partial charge in [-0.15, -0.1) is 0 Å². The number of benzene rings is 2. The molecule has 1 heterocycles. The van der Waals surface area contributed by atoms with E-state index in [1.165, 1.54) is 25.2 Å². The molecule has 0 aliphatic carbocycles. The van der Waals surface area contributed by atoms with Gasteiger partial charge in [0.2, 0.25) is 5.91 Å². The number of nitrogens with one attached hydrogen (secondary N) is 1. The Hall–Kier alpha value is -2.64. The largest absolute Gasteiger partial charge is 0.495 e. The van der Waals surface area contributed by atoms with Crippen LogP contribution >= 0.6 is 23.2 Å². The number of hydrogen-bond acceptors (Lipinski definition) is 5. The molecule has 2 aromatic carbocycles. The van der Waals surface area contributed by atoms with Gasteiger partial charge in [-0.1, -0.05) is 23.2 Å². The molecule has 2 amide bonds. The molecule has 9 heteroatoms. The Morgan fingerprint density at radius 1 is 1.19 bits per heavy atom. The van der Waals surface area contributed by atoms with E-state index in [1.54, 1.807) is 24.3 Å². The first-order valence-electron chi connectivity index (χ1n) is 7.87. The van der Waals surface area contributed by atoms with Crippen molar-refractivity contribution in [1.82, 2.24) is 0 Å². The molecule has 0 aromatic heterocycles. The number of carbonyl (C=O) groups excluding carboxylic acids is 2. The van der Waals surface area contributed by atoms with E-state index in [1.807, 2.05) is 0 Å². The molecule has 0 unspecified atom stereocenters. The van der Waals surface area contributed by atoms with Crippen LogP contribution in [0.2, 0.25) is 10.0 Å². The highest BCUT2D eigenvalue weighted by atomic mass is 35.5. The molecule has 1 aliphatic rings. The molecule has 142 valence electrons. The summed E-state index contributed by atoms with van der Waals surface area (Å²) in [7, 11) is 2.94. The van der Waals surface area contributed by atoms with Gasteiger partial charge < -0.3 is 19.5 Å². The average Bonchev–Trinajstić information content (AvgIpc) is 2.64. The number of ether oxygens (including phenoxy) is 3. The van der Waals surface area contributed by atoms with Gasteiger partial charge >= 0.3 is 0 Å². The molecule has 1 N–H and O–H groups in total. The molecule has 0 saturated carbocycles. The Bertz CT molecular complexity index is 904. The molecule has 27 heavy (non-hydrogen) atoms. The highest BCUT2D eigenvalue weighted by molar-refractivity contribution is 6.32. The molecule has 1 aliphatic heterocycles. The highest BCUT2D eigenvalue weighted by Crippen LogP contribution is 2.37. The van der Waals surface area contributed by atoms with Crippen molar-refractivity contribution in [3.05, 3.63) is 40.4 Å². The minimum absolute atomic E-state index is 0.168.